The van der Waals surface area contributed by atoms with Crippen LogP contribution in [-0.4, -0.2) is 10.3 Å². The summed E-state index contributed by atoms with van der Waals surface area (Å²) in [5, 5.41) is 4.41. The second kappa shape index (κ2) is 12.2. The quantitative estimate of drug-likeness (QED) is 0.254. The Morgan fingerprint density at radius 2 is 0.974 bits per heavy atom. The van der Waals surface area contributed by atoms with Crippen LogP contribution in [0.5, 0.6) is 0 Å². The van der Waals surface area contributed by atoms with Gasteiger partial charge in [0.1, 0.15) is 0 Å². The van der Waals surface area contributed by atoms with Gasteiger partial charge in [0.25, 0.3) is 0 Å². The molecule has 200 valence electrons. The molecule has 0 amide bonds. The molecule has 2 atom stereocenters. The van der Waals surface area contributed by atoms with Crippen molar-refractivity contribution in [2.45, 2.75) is 71.1 Å². The van der Waals surface area contributed by atoms with E-state index in [1.54, 1.807) is 0 Å². The molecule has 3 heteroatoms. The Balaban J connectivity index is 0.000000344. The number of hydrogen-bond donors (Lipinski definition) is 1. The summed E-state index contributed by atoms with van der Waals surface area (Å²) in [5.41, 5.74) is 10.3. The van der Waals surface area contributed by atoms with Crippen molar-refractivity contribution < 1.29 is 0 Å². The Hall–Kier alpha value is -2.46. The molecule has 5 rings (SSSR count). The molecule has 0 saturated carbocycles. The van der Waals surface area contributed by atoms with Gasteiger partial charge in [-0.25, -0.2) is 0 Å². The van der Waals surface area contributed by atoms with E-state index in [4.69, 9.17) is 0 Å². The second-order valence-corrected chi connectivity index (χ2v) is 16.2. The number of rotatable bonds is 3. The molecule has 0 heterocycles. The van der Waals surface area contributed by atoms with Gasteiger partial charge >= 0.3 is 0 Å². The molecule has 0 bridgehead atoms. The maximum absolute atomic E-state index is 3.58. The van der Waals surface area contributed by atoms with E-state index in [0.29, 0.717) is 10.3 Å². The van der Waals surface area contributed by atoms with Crippen molar-refractivity contribution in [3.05, 3.63) is 108 Å². The average Bonchev–Trinajstić information content (AvgIpc) is 3.05. The zero-order valence-corrected chi connectivity index (χ0v) is 26.7. The van der Waals surface area contributed by atoms with E-state index in [-0.39, 0.29) is 5.41 Å². The van der Waals surface area contributed by atoms with Gasteiger partial charge in [0.05, 0.1) is 0 Å². The van der Waals surface area contributed by atoms with Crippen LogP contribution in [0.3, 0.4) is 0 Å². The Morgan fingerprint density at radius 1 is 0.526 bits per heavy atom. The van der Waals surface area contributed by atoms with Gasteiger partial charge in [0, 0.05) is 16.8 Å². The molecule has 0 spiro atoms. The van der Waals surface area contributed by atoms with E-state index >= 15 is 0 Å². The Morgan fingerprint density at radius 3 is 1.55 bits per heavy atom. The number of hydrogen-bond acceptors (Lipinski definition) is 1. The number of benzene rings is 4. The van der Waals surface area contributed by atoms with Gasteiger partial charge in [-0.2, -0.15) is 0 Å². The van der Waals surface area contributed by atoms with Crippen molar-refractivity contribution in [1.29, 1.82) is 0 Å². The lowest BCUT2D eigenvalue weighted by Gasteiger charge is -2.22. The topological polar surface area (TPSA) is 12.0 Å². The number of anilines is 2. The molecular formula is C35H45NP2. The van der Waals surface area contributed by atoms with Crippen LogP contribution in [0.1, 0.15) is 66.5 Å². The Bertz CT molecular complexity index is 1300. The SMILES string of the molecule is CC(C)(C)P.CC(C)(C)P.CC1(C)c2ccccc2-c2ccc(Nc3ccc(-c4ccccc4)cc3)cc21. The molecule has 1 aliphatic carbocycles. The van der Waals surface area contributed by atoms with E-state index in [1.807, 2.05) is 6.07 Å². The third-order valence-electron chi connectivity index (χ3n) is 5.86. The molecule has 1 aliphatic rings. The summed E-state index contributed by atoms with van der Waals surface area (Å²) in [6.07, 6.45) is 0. The lowest BCUT2D eigenvalue weighted by Crippen LogP contribution is -2.15. The molecule has 0 aliphatic heterocycles. The summed E-state index contributed by atoms with van der Waals surface area (Å²) < 4.78 is 0. The van der Waals surface area contributed by atoms with E-state index in [9.17, 15) is 0 Å². The summed E-state index contributed by atoms with van der Waals surface area (Å²) in [6, 6.07) is 34.6. The lowest BCUT2D eigenvalue weighted by atomic mass is 9.82. The molecular weight excluding hydrogens is 496 g/mol. The highest BCUT2D eigenvalue weighted by molar-refractivity contribution is 7.18. The second-order valence-electron chi connectivity index (χ2n) is 12.7. The predicted molar refractivity (Wildman–Crippen MR) is 178 cm³/mol. The number of fused-ring (bicyclic) bond motifs is 3. The zero-order chi connectivity index (χ0) is 28.1. The fourth-order valence-corrected chi connectivity index (χ4v) is 4.33. The van der Waals surface area contributed by atoms with E-state index in [2.05, 4.69) is 170 Å². The molecule has 1 N–H and O–H groups in total. The van der Waals surface area contributed by atoms with Crippen LogP contribution < -0.4 is 5.32 Å². The molecule has 0 saturated heterocycles. The molecule has 1 nitrogen and oxygen atoms in total. The van der Waals surface area contributed by atoms with Crippen LogP contribution in [0.2, 0.25) is 0 Å². The van der Waals surface area contributed by atoms with Crippen LogP contribution in [0.15, 0.2) is 97.1 Å². The van der Waals surface area contributed by atoms with Gasteiger partial charge in [-0.1, -0.05) is 128 Å². The molecule has 4 aromatic carbocycles. The zero-order valence-electron chi connectivity index (χ0n) is 24.4. The maximum Gasteiger partial charge on any atom is 0.0387 e. The van der Waals surface area contributed by atoms with Crippen LogP contribution in [0.4, 0.5) is 11.4 Å². The summed E-state index contributed by atoms with van der Waals surface area (Å²) in [4.78, 5) is 0. The van der Waals surface area contributed by atoms with Crippen LogP contribution in [0.25, 0.3) is 22.3 Å². The van der Waals surface area contributed by atoms with E-state index < -0.39 is 0 Å². The van der Waals surface area contributed by atoms with Gasteiger partial charge in [-0.05, 0) is 68.0 Å². The third kappa shape index (κ3) is 8.80. The first-order valence-electron chi connectivity index (χ1n) is 13.4. The molecule has 4 aromatic rings. The lowest BCUT2D eigenvalue weighted by molar-refractivity contribution is 0.660. The van der Waals surface area contributed by atoms with Crippen LogP contribution in [0, 0.1) is 0 Å². The third-order valence-corrected chi connectivity index (χ3v) is 5.86. The first-order chi connectivity index (χ1) is 17.6. The summed E-state index contributed by atoms with van der Waals surface area (Å²) >= 11 is 0. The van der Waals surface area contributed by atoms with Gasteiger partial charge in [-0.3, -0.25) is 0 Å². The van der Waals surface area contributed by atoms with Crippen LogP contribution in [-0.2, 0) is 5.41 Å². The van der Waals surface area contributed by atoms with Gasteiger partial charge in [0.2, 0.25) is 0 Å². The standard InChI is InChI=1S/C27H23N.2C4H11P/c1-27(2)25-11-7-6-10-23(25)24-17-16-22(18-26(24)27)28-21-14-12-20(13-15-21)19-8-4-3-5-9-19;2*1-4(2,3)5/h3-18,28H,1-2H3;2*5H2,1-3H3. The molecule has 0 aromatic heterocycles. The van der Waals surface area contributed by atoms with Gasteiger partial charge in [0.15, 0.2) is 0 Å². The minimum Gasteiger partial charge on any atom is -0.356 e. The van der Waals surface area contributed by atoms with E-state index in [0.717, 1.165) is 11.4 Å². The van der Waals surface area contributed by atoms with Gasteiger partial charge in [-0.15, -0.1) is 18.5 Å². The Kier molecular flexibility index (Phi) is 9.62. The van der Waals surface area contributed by atoms with Crippen molar-refractivity contribution in [3.63, 3.8) is 0 Å². The van der Waals surface area contributed by atoms with Crippen molar-refractivity contribution in [3.8, 4) is 22.3 Å². The first-order valence-corrected chi connectivity index (χ1v) is 14.5. The monoisotopic (exact) mass is 541 g/mol. The predicted octanol–water partition coefficient (Wildman–Crippen LogP) is 10.7. The fourth-order valence-electron chi connectivity index (χ4n) is 4.33. The minimum absolute atomic E-state index is 0.0286. The highest BCUT2D eigenvalue weighted by atomic mass is 31.0. The summed E-state index contributed by atoms with van der Waals surface area (Å²) in [7, 11) is 5.43. The summed E-state index contributed by atoms with van der Waals surface area (Å²) in [6.45, 7) is 17.5. The normalized spacial score (nSPS) is 13.2. The van der Waals surface area contributed by atoms with Crippen molar-refractivity contribution in [2.24, 2.45) is 0 Å². The molecule has 0 radical (unpaired) electrons. The maximum atomic E-state index is 3.58. The molecule has 38 heavy (non-hydrogen) atoms. The smallest absolute Gasteiger partial charge is 0.0387 e. The van der Waals surface area contributed by atoms with E-state index in [1.165, 1.54) is 33.4 Å². The fraction of sp³-hybridized carbons (Fsp3) is 0.314. The molecule has 2 unspecified atom stereocenters. The minimum atomic E-state index is 0.0286. The Labute approximate surface area is 236 Å². The largest absolute Gasteiger partial charge is 0.356 e. The van der Waals surface area contributed by atoms with Crippen molar-refractivity contribution in [1.82, 2.24) is 0 Å². The highest BCUT2D eigenvalue weighted by Crippen LogP contribution is 2.49. The summed E-state index contributed by atoms with van der Waals surface area (Å²) in [5.74, 6) is 0. The van der Waals surface area contributed by atoms with Gasteiger partial charge < -0.3 is 5.32 Å². The highest BCUT2D eigenvalue weighted by Gasteiger charge is 2.35. The van der Waals surface area contributed by atoms with Crippen molar-refractivity contribution >= 4 is 29.9 Å². The average molecular weight is 542 g/mol. The first kappa shape index (κ1) is 30.1. The number of nitrogens with one attached hydrogen (secondary N) is 1. The van der Waals surface area contributed by atoms with Crippen molar-refractivity contribution in [2.75, 3.05) is 5.32 Å². The van der Waals surface area contributed by atoms with Crippen LogP contribution >= 0.6 is 18.5 Å². The molecule has 0 fully saturated rings.